The number of hydrogen-bond donors (Lipinski definition) is 0. The Bertz CT molecular complexity index is 600. The third-order valence-electron chi connectivity index (χ3n) is 2.64. The van der Waals surface area contributed by atoms with Crippen LogP contribution < -0.4 is 0 Å². The third kappa shape index (κ3) is 3.25. The molecule has 0 radical (unpaired) electrons. The SMILES string of the molecule is COC(=O)Cc1cc(Cl)c(Cl)c(-c2cccnc2)c1. The van der Waals surface area contributed by atoms with Crippen LogP contribution in [0.15, 0.2) is 36.7 Å². The van der Waals surface area contributed by atoms with E-state index in [9.17, 15) is 4.79 Å². The lowest BCUT2D eigenvalue weighted by molar-refractivity contribution is -0.139. The number of esters is 1. The quantitative estimate of drug-likeness (QED) is 0.809. The third-order valence-corrected chi connectivity index (χ3v) is 3.44. The summed E-state index contributed by atoms with van der Waals surface area (Å²) in [7, 11) is 1.35. The van der Waals surface area contributed by atoms with Crippen LogP contribution in [0.4, 0.5) is 0 Å². The predicted octanol–water partition coefficient (Wildman–Crippen LogP) is 3.77. The van der Waals surface area contributed by atoms with Crippen LogP contribution in [0.3, 0.4) is 0 Å². The van der Waals surface area contributed by atoms with E-state index in [4.69, 9.17) is 23.2 Å². The smallest absolute Gasteiger partial charge is 0.309 e. The van der Waals surface area contributed by atoms with E-state index in [-0.39, 0.29) is 12.4 Å². The molecule has 1 aromatic carbocycles. The molecule has 2 rings (SSSR count). The van der Waals surface area contributed by atoms with Gasteiger partial charge in [0.25, 0.3) is 0 Å². The van der Waals surface area contributed by atoms with Crippen molar-refractivity contribution in [3.8, 4) is 11.1 Å². The first-order chi connectivity index (χ1) is 9.11. The van der Waals surface area contributed by atoms with Gasteiger partial charge >= 0.3 is 5.97 Å². The number of nitrogens with zero attached hydrogens (tertiary/aromatic N) is 1. The van der Waals surface area contributed by atoms with Crippen molar-refractivity contribution in [1.29, 1.82) is 0 Å². The van der Waals surface area contributed by atoms with Crippen LogP contribution >= 0.6 is 23.2 Å². The molecule has 3 nitrogen and oxygen atoms in total. The number of methoxy groups -OCH3 is 1. The van der Waals surface area contributed by atoms with Gasteiger partial charge in [0.05, 0.1) is 23.6 Å². The van der Waals surface area contributed by atoms with Crippen molar-refractivity contribution in [3.63, 3.8) is 0 Å². The molecule has 0 aliphatic heterocycles. The second-order valence-corrected chi connectivity index (χ2v) is 4.72. The zero-order chi connectivity index (χ0) is 13.8. The van der Waals surface area contributed by atoms with Crippen LogP contribution in [-0.4, -0.2) is 18.1 Å². The molecule has 98 valence electrons. The van der Waals surface area contributed by atoms with Crippen LogP contribution in [-0.2, 0) is 16.0 Å². The number of halogens is 2. The van der Waals surface area contributed by atoms with Crippen LogP contribution in [0, 0.1) is 0 Å². The molecule has 0 fully saturated rings. The molecule has 0 spiro atoms. The van der Waals surface area contributed by atoms with Crippen LogP contribution in [0.5, 0.6) is 0 Å². The second-order valence-electron chi connectivity index (χ2n) is 3.93. The van der Waals surface area contributed by atoms with E-state index in [1.165, 1.54) is 7.11 Å². The lowest BCUT2D eigenvalue weighted by Gasteiger charge is -2.09. The minimum absolute atomic E-state index is 0.153. The van der Waals surface area contributed by atoms with Gasteiger partial charge in [-0.05, 0) is 23.8 Å². The van der Waals surface area contributed by atoms with E-state index < -0.39 is 0 Å². The predicted molar refractivity (Wildman–Crippen MR) is 75.4 cm³/mol. The van der Waals surface area contributed by atoms with Gasteiger partial charge in [-0.2, -0.15) is 0 Å². The van der Waals surface area contributed by atoms with Crippen molar-refractivity contribution < 1.29 is 9.53 Å². The Kier molecular flexibility index (Phi) is 4.40. The summed E-state index contributed by atoms with van der Waals surface area (Å²) < 4.78 is 4.64. The summed E-state index contributed by atoms with van der Waals surface area (Å²) in [5.41, 5.74) is 2.35. The van der Waals surface area contributed by atoms with Crippen LogP contribution in [0.1, 0.15) is 5.56 Å². The molecule has 2 aromatic rings. The summed E-state index contributed by atoms with van der Waals surface area (Å²) in [6, 6.07) is 7.18. The van der Waals surface area contributed by atoms with Crippen molar-refractivity contribution in [1.82, 2.24) is 4.98 Å². The molecule has 0 saturated heterocycles. The van der Waals surface area contributed by atoms with Gasteiger partial charge < -0.3 is 4.74 Å². The Balaban J connectivity index is 2.46. The molecule has 5 heteroatoms. The zero-order valence-corrected chi connectivity index (χ0v) is 11.7. The minimum Gasteiger partial charge on any atom is -0.469 e. The number of rotatable bonds is 3. The topological polar surface area (TPSA) is 39.2 Å². The highest BCUT2D eigenvalue weighted by Gasteiger charge is 2.12. The van der Waals surface area contributed by atoms with Crippen LogP contribution in [0.2, 0.25) is 10.0 Å². The monoisotopic (exact) mass is 295 g/mol. The maximum atomic E-state index is 11.3. The molecular formula is C14H11Cl2NO2. The van der Waals surface area contributed by atoms with Gasteiger partial charge in [0.1, 0.15) is 0 Å². The van der Waals surface area contributed by atoms with E-state index in [2.05, 4.69) is 9.72 Å². The first-order valence-electron chi connectivity index (χ1n) is 5.57. The van der Waals surface area contributed by atoms with E-state index >= 15 is 0 Å². The Labute approximate surface area is 121 Å². The van der Waals surface area contributed by atoms with E-state index in [1.807, 2.05) is 18.2 Å². The van der Waals surface area contributed by atoms with E-state index in [0.717, 1.165) is 16.7 Å². The fraction of sp³-hybridized carbons (Fsp3) is 0.143. The summed E-state index contributed by atoms with van der Waals surface area (Å²) >= 11 is 12.3. The van der Waals surface area contributed by atoms with Gasteiger partial charge in [-0.3, -0.25) is 9.78 Å². The summed E-state index contributed by atoms with van der Waals surface area (Å²) in [6.07, 6.45) is 3.53. The maximum Gasteiger partial charge on any atom is 0.309 e. The molecule has 0 bridgehead atoms. The molecule has 0 N–H and O–H groups in total. The number of pyridine rings is 1. The van der Waals surface area contributed by atoms with Crippen molar-refractivity contribution >= 4 is 29.2 Å². The first kappa shape index (κ1) is 13.8. The van der Waals surface area contributed by atoms with Gasteiger partial charge in [-0.1, -0.05) is 29.3 Å². The molecule has 0 amide bonds. The summed E-state index contributed by atoms with van der Waals surface area (Å²) in [6.45, 7) is 0. The average Bonchev–Trinajstić information content (AvgIpc) is 2.43. The van der Waals surface area contributed by atoms with Gasteiger partial charge in [0, 0.05) is 23.5 Å². The number of hydrogen-bond acceptors (Lipinski definition) is 3. The van der Waals surface area contributed by atoms with Gasteiger partial charge in [0.15, 0.2) is 0 Å². The standard InChI is InChI=1S/C14H11Cl2NO2/c1-19-13(18)7-9-5-11(14(16)12(15)6-9)10-3-2-4-17-8-10/h2-6,8H,7H2,1H3. The highest BCUT2D eigenvalue weighted by molar-refractivity contribution is 6.43. The molecule has 0 aliphatic carbocycles. The second kappa shape index (κ2) is 6.04. The summed E-state index contributed by atoms with van der Waals surface area (Å²) in [4.78, 5) is 15.4. The summed E-state index contributed by atoms with van der Waals surface area (Å²) in [5, 5.41) is 0.852. The van der Waals surface area contributed by atoms with Crippen molar-refractivity contribution in [3.05, 3.63) is 52.3 Å². The Hall–Kier alpha value is -1.58. The van der Waals surface area contributed by atoms with Crippen molar-refractivity contribution in [2.24, 2.45) is 0 Å². The molecule has 1 aromatic heterocycles. The zero-order valence-electron chi connectivity index (χ0n) is 10.2. The van der Waals surface area contributed by atoms with Crippen molar-refractivity contribution in [2.75, 3.05) is 7.11 Å². The molecule has 0 aliphatic rings. The Morgan fingerprint density at radius 3 is 2.79 bits per heavy atom. The van der Waals surface area contributed by atoms with Crippen molar-refractivity contribution in [2.45, 2.75) is 6.42 Å². The van der Waals surface area contributed by atoms with Gasteiger partial charge in [-0.15, -0.1) is 0 Å². The number of aromatic nitrogens is 1. The molecule has 0 unspecified atom stereocenters. The van der Waals surface area contributed by atoms with Gasteiger partial charge in [0.2, 0.25) is 0 Å². The molecule has 0 saturated carbocycles. The summed E-state index contributed by atoms with van der Waals surface area (Å²) in [5.74, 6) is -0.324. The number of ether oxygens (including phenoxy) is 1. The first-order valence-corrected chi connectivity index (χ1v) is 6.32. The molecule has 19 heavy (non-hydrogen) atoms. The highest BCUT2D eigenvalue weighted by atomic mass is 35.5. The Morgan fingerprint density at radius 2 is 2.16 bits per heavy atom. The average molecular weight is 296 g/mol. The number of carbonyl (C=O) groups excluding carboxylic acids is 1. The maximum absolute atomic E-state index is 11.3. The van der Waals surface area contributed by atoms with E-state index in [1.54, 1.807) is 18.5 Å². The fourth-order valence-corrected chi connectivity index (χ4v) is 2.18. The normalized spacial score (nSPS) is 10.3. The Morgan fingerprint density at radius 1 is 1.37 bits per heavy atom. The molecule has 1 heterocycles. The number of carbonyl (C=O) groups is 1. The van der Waals surface area contributed by atoms with Gasteiger partial charge in [-0.25, -0.2) is 0 Å². The lowest BCUT2D eigenvalue weighted by atomic mass is 10.0. The lowest BCUT2D eigenvalue weighted by Crippen LogP contribution is -2.04. The van der Waals surface area contributed by atoms with Crippen LogP contribution in [0.25, 0.3) is 11.1 Å². The molecule has 0 atom stereocenters. The largest absolute Gasteiger partial charge is 0.469 e. The number of benzene rings is 1. The molecular weight excluding hydrogens is 285 g/mol. The fourth-order valence-electron chi connectivity index (χ4n) is 1.72. The minimum atomic E-state index is -0.324. The highest BCUT2D eigenvalue weighted by Crippen LogP contribution is 2.34. The van der Waals surface area contributed by atoms with E-state index in [0.29, 0.717) is 10.0 Å².